The minimum Gasteiger partial charge on any atom is -0.481 e. The fourth-order valence-corrected chi connectivity index (χ4v) is 1.41. The molecule has 1 heterocycles. The van der Waals surface area contributed by atoms with E-state index in [1.165, 1.54) is 0 Å². The molecular weight excluding hydrogens is 254 g/mol. The number of aliphatic carboxylic acids is 1. The Hall–Kier alpha value is -2.38. The number of hydrogen-bond acceptors (Lipinski definition) is 4. The highest BCUT2D eigenvalue weighted by Crippen LogP contribution is 2.04. The number of carbonyl (C=O) groups excluding carboxylic acids is 1. The van der Waals surface area contributed by atoms with Crippen LogP contribution in [0.4, 0.5) is 0 Å². The lowest BCUT2D eigenvalue weighted by Crippen LogP contribution is -2.34. The maximum Gasteiger partial charge on any atom is 0.325 e. The average Bonchev–Trinajstić information content (AvgIpc) is 2.33. The van der Waals surface area contributed by atoms with Crippen LogP contribution in [0.25, 0.3) is 0 Å². The molecule has 104 valence electrons. The minimum absolute atomic E-state index is 0.189. The first-order valence-corrected chi connectivity index (χ1v) is 5.75. The van der Waals surface area contributed by atoms with Crippen LogP contribution >= 0.6 is 0 Å². The molecule has 0 aliphatic carbocycles. The van der Waals surface area contributed by atoms with Crippen molar-refractivity contribution in [1.29, 1.82) is 0 Å². The monoisotopic (exact) mass is 269 g/mol. The zero-order chi connectivity index (χ0) is 14.4. The topological polar surface area (TPSA) is 132 Å². The smallest absolute Gasteiger partial charge is 0.325 e. The lowest BCUT2D eigenvalue weighted by molar-refractivity contribution is -0.141. The van der Waals surface area contributed by atoms with Gasteiger partial charge < -0.3 is 15.4 Å². The molecule has 1 unspecified atom stereocenters. The molecule has 0 saturated carbocycles. The fourth-order valence-electron chi connectivity index (χ4n) is 1.41. The summed E-state index contributed by atoms with van der Waals surface area (Å²) in [6.45, 7) is 1.84. The normalized spacial score (nSPS) is 11.8. The molecule has 0 fully saturated rings. The van der Waals surface area contributed by atoms with Gasteiger partial charge in [-0.1, -0.05) is 6.92 Å². The highest BCUT2D eigenvalue weighted by atomic mass is 16.4. The third-order valence-electron chi connectivity index (χ3n) is 2.58. The van der Waals surface area contributed by atoms with E-state index in [1.54, 1.807) is 6.92 Å². The van der Waals surface area contributed by atoms with Crippen molar-refractivity contribution >= 4 is 11.9 Å². The van der Waals surface area contributed by atoms with Gasteiger partial charge in [-0.05, 0) is 12.8 Å². The third-order valence-corrected chi connectivity index (χ3v) is 2.58. The van der Waals surface area contributed by atoms with Gasteiger partial charge in [0.2, 0.25) is 0 Å². The largest absolute Gasteiger partial charge is 0.481 e. The molecule has 8 heteroatoms. The molecule has 4 N–H and O–H groups in total. The number of amides is 1. The number of carboxylic acids is 1. The maximum absolute atomic E-state index is 11.6. The predicted molar refractivity (Wildman–Crippen MR) is 66.1 cm³/mol. The second kappa shape index (κ2) is 6.53. The van der Waals surface area contributed by atoms with E-state index in [1.807, 2.05) is 4.98 Å². The number of rotatable bonds is 6. The highest BCUT2D eigenvalue weighted by Gasteiger charge is 2.12. The van der Waals surface area contributed by atoms with Gasteiger partial charge in [0.05, 0.1) is 5.92 Å². The van der Waals surface area contributed by atoms with Gasteiger partial charge in [0.1, 0.15) is 5.56 Å². The Labute approximate surface area is 107 Å². The SMILES string of the molecule is CC(CCCNC(=O)c1c[nH]c(=O)[nH]c1=O)C(=O)O. The summed E-state index contributed by atoms with van der Waals surface area (Å²) in [5, 5.41) is 11.1. The number of aromatic nitrogens is 2. The van der Waals surface area contributed by atoms with Gasteiger partial charge in [-0.15, -0.1) is 0 Å². The van der Waals surface area contributed by atoms with Crippen LogP contribution in [0.3, 0.4) is 0 Å². The van der Waals surface area contributed by atoms with Gasteiger partial charge in [0.15, 0.2) is 0 Å². The van der Waals surface area contributed by atoms with Crippen molar-refractivity contribution < 1.29 is 14.7 Å². The van der Waals surface area contributed by atoms with E-state index in [2.05, 4.69) is 10.3 Å². The summed E-state index contributed by atoms with van der Waals surface area (Å²) in [5.74, 6) is -1.97. The molecule has 0 aliphatic rings. The van der Waals surface area contributed by atoms with Crippen molar-refractivity contribution in [2.45, 2.75) is 19.8 Å². The summed E-state index contributed by atoms with van der Waals surface area (Å²) in [5.41, 5.74) is -1.64. The molecule has 1 rings (SSSR count). The molecule has 8 nitrogen and oxygen atoms in total. The summed E-state index contributed by atoms with van der Waals surface area (Å²) in [6.07, 6.45) is 1.95. The molecule has 1 amide bonds. The lowest BCUT2D eigenvalue weighted by atomic mass is 10.1. The van der Waals surface area contributed by atoms with Gasteiger partial charge in [-0.3, -0.25) is 19.4 Å². The number of carbonyl (C=O) groups is 2. The Bertz CT molecular complexity index is 574. The van der Waals surface area contributed by atoms with Crippen LogP contribution in [0.2, 0.25) is 0 Å². The van der Waals surface area contributed by atoms with Crippen molar-refractivity contribution in [2.75, 3.05) is 6.54 Å². The number of H-pyrrole nitrogens is 2. The first kappa shape index (κ1) is 14.7. The van der Waals surface area contributed by atoms with Crippen LogP contribution in [-0.4, -0.2) is 33.5 Å². The van der Waals surface area contributed by atoms with Crippen LogP contribution in [0.1, 0.15) is 30.1 Å². The fraction of sp³-hybridized carbons (Fsp3) is 0.455. The molecule has 0 aliphatic heterocycles. The minimum atomic E-state index is -0.886. The van der Waals surface area contributed by atoms with Crippen LogP contribution in [0.5, 0.6) is 0 Å². The Morgan fingerprint density at radius 3 is 2.68 bits per heavy atom. The second-order valence-corrected chi connectivity index (χ2v) is 4.12. The van der Waals surface area contributed by atoms with E-state index >= 15 is 0 Å². The van der Waals surface area contributed by atoms with Crippen molar-refractivity contribution in [3.05, 3.63) is 32.6 Å². The molecule has 0 bridgehead atoms. The Morgan fingerprint density at radius 1 is 1.42 bits per heavy atom. The van der Waals surface area contributed by atoms with E-state index in [0.717, 1.165) is 6.20 Å². The standard InChI is InChI=1S/C11H15N3O5/c1-6(10(17)18)3-2-4-12-8(15)7-5-13-11(19)14-9(7)16/h5-6H,2-4H2,1H3,(H,12,15)(H,17,18)(H2,13,14,16,19). The molecule has 1 atom stereocenters. The van der Waals surface area contributed by atoms with Crippen LogP contribution in [-0.2, 0) is 4.79 Å². The third kappa shape index (κ3) is 4.41. The Balaban J connectivity index is 2.46. The van der Waals surface area contributed by atoms with E-state index in [0.29, 0.717) is 12.8 Å². The maximum atomic E-state index is 11.6. The lowest BCUT2D eigenvalue weighted by Gasteiger charge is -2.06. The van der Waals surface area contributed by atoms with Gasteiger partial charge >= 0.3 is 11.7 Å². The number of nitrogens with one attached hydrogen (secondary N) is 3. The molecular formula is C11H15N3O5. The van der Waals surface area contributed by atoms with Crippen molar-refractivity contribution in [3.63, 3.8) is 0 Å². The van der Waals surface area contributed by atoms with Crippen molar-refractivity contribution in [1.82, 2.24) is 15.3 Å². The first-order valence-electron chi connectivity index (χ1n) is 5.75. The van der Waals surface area contributed by atoms with Crippen molar-refractivity contribution in [2.24, 2.45) is 5.92 Å². The summed E-state index contributed by atoms with van der Waals surface area (Å²) in [4.78, 5) is 48.3. The Morgan fingerprint density at radius 2 is 2.11 bits per heavy atom. The van der Waals surface area contributed by atoms with Gasteiger partial charge in [-0.2, -0.15) is 0 Å². The second-order valence-electron chi connectivity index (χ2n) is 4.12. The molecule has 19 heavy (non-hydrogen) atoms. The van der Waals surface area contributed by atoms with Gasteiger partial charge in [-0.25, -0.2) is 4.79 Å². The highest BCUT2D eigenvalue weighted by molar-refractivity contribution is 5.93. The van der Waals surface area contributed by atoms with E-state index in [4.69, 9.17) is 5.11 Å². The van der Waals surface area contributed by atoms with Gasteiger partial charge in [0.25, 0.3) is 11.5 Å². The molecule has 0 radical (unpaired) electrons. The average molecular weight is 269 g/mol. The van der Waals surface area contributed by atoms with Crippen LogP contribution < -0.4 is 16.6 Å². The van der Waals surface area contributed by atoms with Crippen LogP contribution in [0.15, 0.2) is 15.8 Å². The first-order chi connectivity index (χ1) is 8.91. The molecule has 1 aromatic heterocycles. The molecule has 0 spiro atoms. The van der Waals surface area contributed by atoms with E-state index < -0.39 is 29.0 Å². The summed E-state index contributed by atoms with van der Waals surface area (Å²) < 4.78 is 0. The predicted octanol–water partition coefficient (Wildman–Crippen LogP) is -0.706. The Kier molecular flexibility index (Phi) is 5.04. The zero-order valence-corrected chi connectivity index (χ0v) is 10.4. The van der Waals surface area contributed by atoms with Gasteiger partial charge in [0, 0.05) is 12.7 Å². The van der Waals surface area contributed by atoms with E-state index in [-0.39, 0.29) is 12.1 Å². The van der Waals surface area contributed by atoms with E-state index in [9.17, 15) is 19.2 Å². The molecule has 0 aromatic carbocycles. The quantitative estimate of drug-likeness (QED) is 0.507. The number of hydrogen-bond donors (Lipinski definition) is 4. The zero-order valence-electron chi connectivity index (χ0n) is 10.4. The summed E-state index contributed by atoms with van der Waals surface area (Å²) in [7, 11) is 0. The molecule has 1 aromatic rings. The van der Waals surface area contributed by atoms with Crippen molar-refractivity contribution in [3.8, 4) is 0 Å². The van der Waals surface area contributed by atoms with Crippen LogP contribution in [0, 0.1) is 5.92 Å². The number of carboxylic acid groups (broad SMARTS) is 1. The molecule has 0 saturated heterocycles. The summed E-state index contributed by atoms with van der Waals surface area (Å²) >= 11 is 0. The number of aromatic amines is 2. The summed E-state index contributed by atoms with van der Waals surface area (Å²) in [6, 6.07) is 0.